The van der Waals surface area contributed by atoms with Gasteiger partial charge in [-0.05, 0) is 47.9 Å². The zero-order chi connectivity index (χ0) is 14.5. The molecule has 2 nitrogen and oxygen atoms in total. The molecule has 0 fully saturated rings. The highest BCUT2D eigenvalue weighted by Crippen LogP contribution is 2.40. The van der Waals surface area contributed by atoms with E-state index in [1.54, 1.807) is 12.1 Å². The maximum atomic E-state index is 9.72. The molecular weight excluding hydrogens is 248 g/mol. The summed E-state index contributed by atoms with van der Waals surface area (Å²) in [5, 5.41) is 19.2. The van der Waals surface area contributed by atoms with E-state index >= 15 is 0 Å². The predicted molar refractivity (Wildman–Crippen MR) is 82.3 cm³/mol. The molecule has 106 valence electrons. The van der Waals surface area contributed by atoms with Gasteiger partial charge in [0.25, 0.3) is 0 Å². The molecule has 0 aromatic heterocycles. The highest BCUT2D eigenvalue weighted by molar-refractivity contribution is 5.42. The number of phenolic OH excluding ortho intramolecular Hbond substituents is 2. The fourth-order valence-electron chi connectivity index (χ4n) is 2.98. The number of benzene rings is 2. The summed E-state index contributed by atoms with van der Waals surface area (Å²) in [5.41, 5.74) is 2.41. The minimum Gasteiger partial charge on any atom is -0.504 e. The number of rotatable bonds is 5. The Morgan fingerprint density at radius 2 is 1.35 bits per heavy atom. The molecule has 0 heterocycles. The van der Waals surface area contributed by atoms with Crippen LogP contribution in [0.1, 0.15) is 49.7 Å². The molecule has 0 aliphatic heterocycles. The summed E-state index contributed by atoms with van der Waals surface area (Å²) in [6, 6.07) is 15.7. The first-order valence-corrected chi connectivity index (χ1v) is 7.24. The van der Waals surface area contributed by atoms with Gasteiger partial charge in [-0.25, -0.2) is 0 Å². The number of hydrogen-bond donors (Lipinski definition) is 2. The van der Waals surface area contributed by atoms with Crippen LogP contribution < -0.4 is 0 Å². The average Bonchev–Trinajstić information content (AvgIpc) is 2.48. The third-order valence-corrected chi connectivity index (χ3v) is 4.02. The lowest BCUT2D eigenvalue weighted by molar-refractivity contribution is 0.401. The van der Waals surface area contributed by atoms with Crippen LogP contribution in [0.5, 0.6) is 11.5 Å². The Labute approximate surface area is 120 Å². The SMILES string of the molecule is CC[C@H](c1ccccc1)[C@H](CC)c1ccc(O)c(O)c1. The number of phenols is 2. The second-order valence-corrected chi connectivity index (χ2v) is 5.19. The van der Waals surface area contributed by atoms with Gasteiger partial charge in [-0.3, -0.25) is 0 Å². The predicted octanol–water partition coefficient (Wildman–Crippen LogP) is 4.79. The van der Waals surface area contributed by atoms with Gasteiger partial charge in [0.2, 0.25) is 0 Å². The molecular formula is C18H22O2. The minimum atomic E-state index is -0.0589. The Kier molecular flexibility index (Phi) is 4.67. The van der Waals surface area contributed by atoms with Crippen LogP contribution >= 0.6 is 0 Å². The van der Waals surface area contributed by atoms with Crippen LogP contribution in [0.25, 0.3) is 0 Å². The highest BCUT2D eigenvalue weighted by Gasteiger charge is 2.22. The van der Waals surface area contributed by atoms with Gasteiger partial charge in [0.1, 0.15) is 0 Å². The van der Waals surface area contributed by atoms with Crippen molar-refractivity contribution < 1.29 is 10.2 Å². The molecule has 2 rings (SSSR count). The van der Waals surface area contributed by atoms with Gasteiger partial charge in [0, 0.05) is 0 Å². The van der Waals surface area contributed by atoms with E-state index in [2.05, 4.69) is 38.1 Å². The van der Waals surface area contributed by atoms with Crippen molar-refractivity contribution in [1.82, 2.24) is 0 Å². The van der Waals surface area contributed by atoms with Crippen LogP contribution in [0.15, 0.2) is 48.5 Å². The quantitative estimate of drug-likeness (QED) is 0.767. The molecule has 0 aliphatic carbocycles. The fraction of sp³-hybridized carbons (Fsp3) is 0.333. The summed E-state index contributed by atoms with van der Waals surface area (Å²) < 4.78 is 0. The summed E-state index contributed by atoms with van der Waals surface area (Å²) in [5.74, 6) is 0.666. The second-order valence-electron chi connectivity index (χ2n) is 5.19. The van der Waals surface area contributed by atoms with Crippen LogP contribution in [0.2, 0.25) is 0 Å². The normalized spacial score (nSPS) is 13.9. The van der Waals surface area contributed by atoms with Crippen molar-refractivity contribution in [2.24, 2.45) is 0 Å². The molecule has 0 unspecified atom stereocenters. The van der Waals surface area contributed by atoms with Gasteiger partial charge in [0.15, 0.2) is 11.5 Å². The van der Waals surface area contributed by atoms with E-state index in [0.29, 0.717) is 11.8 Å². The monoisotopic (exact) mass is 270 g/mol. The number of hydrogen-bond acceptors (Lipinski definition) is 2. The molecule has 0 spiro atoms. The van der Waals surface area contributed by atoms with Crippen molar-refractivity contribution in [3.8, 4) is 11.5 Å². The van der Waals surface area contributed by atoms with Gasteiger partial charge in [-0.1, -0.05) is 50.2 Å². The van der Waals surface area contributed by atoms with Crippen LogP contribution in [0, 0.1) is 0 Å². The Bertz CT molecular complexity index is 549. The maximum absolute atomic E-state index is 9.72. The summed E-state index contributed by atoms with van der Waals surface area (Å²) in [7, 11) is 0. The smallest absolute Gasteiger partial charge is 0.157 e. The van der Waals surface area contributed by atoms with Crippen molar-refractivity contribution in [2.45, 2.75) is 38.5 Å². The standard InChI is InChI=1S/C18H22O2/c1-3-15(13-8-6-5-7-9-13)16(4-2)14-10-11-17(19)18(20)12-14/h5-12,15-16,19-20H,3-4H2,1-2H3/t15-,16-/m1/s1. The van der Waals surface area contributed by atoms with Crippen LogP contribution in [0.3, 0.4) is 0 Å². The molecule has 2 atom stereocenters. The third-order valence-electron chi connectivity index (χ3n) is 4.02. The first-order valence-electron chi connectivity index (χ1n) is 7.24. The Hall–Kier alpha value is -1.96. The molecule has 0 aliphatic rings. The van der Waals surface area contributed by atoms with Crippen molar-refractivity contribution in [3.63, 3.8) is 0 Å². The molecule has 2 aromatic rings. The summed E-state index contributed by atoms with van der Waals surface area (Å²) in [4.78, 5) is 0. The largest absolute Gasteiger partial charge is 0.504 e. The molecule has 2 heteroatoms. The summed E-state index contributed by atoms with van der Waals surface area (Å²) in [6.45, 7) is 4.36. The van der Waals surface area contributed by atoms with Gasteiger partial charge in [-0.15, -0.1) is 0 Å². The van der Waals surface area contributed by atoms with Crippen LogP contribution in [-0.2, 0) is 0 Å². The highest BCUT2D eigenvalue weighted by atomic mass is 16.3. The summed E-state index contributed by atoms with van der Waals surface area (Å²) >= 11 is 0. The second kappa shape index (κ2) is 6.47. The molecule has 0 amide bonds. The van der Waals surface area contributed by atoms with Crippen molar-refractivity contribution in [3.05, 3.63) is 59.7 Å². The zero-order valence-corrected chi connectivity index (χ0v) is 12.1. The lowest BCUT2D eigenvalue weighted by Crippen LogP contribution is -2.10. The average molecular weight is 270 g/mol. The van der Waals surface area contributed by atoms with E-state index in [0.717, 1.165) is 18.4 Å². The van der Waals surface area contributed by atoms with Crippen LogP contribution in [0.4, 0.5) is 0 Å². The lowest BCUT2D eigenvalue weighted by Gasteiger charge is -2.26. The first-order chi connectivity index (χ1) is 9.67. The molecule has 2 aromatic carbocycles. The van der Waals surface area contributed by atoms with Gasteiger partial charge in [0.05, 0.1) is 0 Å². The maximum Gasteiger partial charge on any atom is 0.157 e. The Morgan fingerprint density at radius 1 is 0.750 bits per heavy atom. The van der Waals surface area contributed by atoms with Gasteiger partial charge >= 0.3 is 0 Å². The van der Waals surface area contributed by atoms with Gasteiger partial charge < -0.3 is 10.2 Å². The molecule has 0 saturated heterocycles. The minimum absolute atomic E-state index is 0.0381. The summed E-state index contributed by atoms with van der Waals surface area (Å²) in [6.07, 6.45) is 2.04. The molecule has 20 heavy (non-hydrogen) atoms. The van der Waals surface area contributed by atoms with Crippen molar-refractivity contribution in [1.29, 1.82) is 0 Å². The Morgan fingerprint density at radius 3 is 1.90 bits per heavy atom. The van der Waals surface area contributed by atoms with E-state index in [-0.39, 0.29) is 11.5 Å². The van der Waals surface area contributed by atoms with Crippen molar-refractivity contribution in [2.75, 3.05) is 0 Å². The van der Waals surface area contributed by atoms with E-state index in [1.165, 1.54) is 5.56 Å². The Balaban J connectivity index is 2.36. The molecule has 0 bridgehead atoms. The van der Waals surface area contributed by atoms with E-state index in [4.69, 9.17) is 0 Å². The van der Waals surface area contributed by atoms with Crippen molar-refractivity contribution >= 4 is 0 Å². The topological polar surface area (TPSA) is 40.5 Å². The third kappa shape index (κ3) is 2.96. The van der Waals surface area contributed by atoms with E-state index < -0.39 is 0 Å². The van der Waals surface area contributed by atoms with Crippen LogP contribution in [-0.4, -0.2) is 10.2 Å². The number of aromatic hydroxyl groups is 2. The lowest BCUT2D eigenvalue weighted by atomic mass is 9.78. The fourth-order valence-corrected chi connectivity index (χ4v) is 2.98. The van der Waals surface area contributed by atoms with E-state index in [9.17, 15) is 10.2 Å². The molecule has 0 radical (unpaired) electrons. The van der Waals surface area contributed by atoms with Gasteiger partial charge in [-0.2, -0.15) is 0 Å². The zero-order valence-electron chi connectivity index (χ0n) is 12.1. The molecule has 2 N–H and O–H groups in total. The first kappa shape index (κ1) is 14.4. The van der Waals surface area contributed by atoms with E-state index in [1.807, 2.05) is 12.1 Å². The molecule has 0 saturated carbocycles.